The van der Waals surface area contributed by atoms with Crippen molar-refractivity contribution in [1.82, 2.24) is 0 Å². The van der Waals surface area contributed by atoms with Gasteiger partial charge >= 0.3 is 12.5 Å². The van der Waals surface area contributed by atoms with Gasteiger partial charge in [-0.15, -0.1) is 13.2 Å². The van der Waals surface area contributed by atoms with E-state index < -0.39 is 36.0 Å². The minimum atomic E-state index is -5.04. The van der Waals surface area contributed by atoms with Gasteiger partial charge in [-0.1, -0.05) is 0 Å². The number of aliphatic hydroxyl groups is 1. The summed E-state index contributed by atoms with van der Waals surface area (Å²) < 4.78 is 81.8. The van der Waals surface area contributed by atoms with Crippen LogP contribution >= 0.6 is 0 Å². The first-order chi connectivity index (χ1) is 9.45. The Kier molecular flexibility index (Phi) is 4.95. The monoisotopic (exact) mass is 319 g/mol. The van der Waals surface area contributed by atoms with Crippen LogP contribution in [0.25, 0.3) is 0 Å². The summed E-state index contributed by atoms with van der Waals surface area (Å²) in [4.78, 5) is 0. The third kappa shape index (κ3) is 4.67. The molecule has 1 rings (SSSR count). The first kappa shape index (κ1) is 17.4. The molecule has 21 heavy (non-hydrogen) atoms. The van der Waals surface area contributed by atoms with Crippen molar-refractivity contribution in [2.24, 2.45) is 5.73 Å². The number of methoxy groups -OCH3 is 1. The van der Waals surface area contributed by atoms with E-state index in [1.165, 1.54) is 0 Å². The van der Waals surface area contributed by atoms with Crippen LogP contribution in [0, 0.1) is 0 Å². The lowest BCUT2D eigenvalue weighted by molar-refractivity contribution is -0.274. The summed E-state index contributed by atoms with van der Waals surface area (Å²) in [6, 6.07) is 0.408. The molecule has 0 heterocycles. The van der Waals surface area contributed by atoms with Crippen LogP contribution in [0.1, 0.15) is 11.6 Å². The molecule has 3 N–H and O–H groups in total. The van der Waals surface area contributed by atoms with Gasteiger partial charge in [0.15, 0.2) is 6.10 Å². The molecule has 0 bridgehead atoms. The highest BCUT2D eigenvalue weighted by Gasteiger charge is 2.43. The van der Waals surface area contributed by atoms with E-state index in [1.54, 1.807) is 0 Å². The van der Waals surface area contributed by atoms with Crippen molar-refractivity contribution >= 4 is 0 Å². The van der Waals surface area contributed by atoms with Gasteiger partial charge in [-0.25, -0.2) is 0 Å². The summed E-state index contributed by atoms with van der Waals surface area (Å²) >= 11 is 0. The van der Waals surface area contributed by atoms with Gasteiger partial charge in [0.2, 0.25) is 0 Å². The molecule has 120 valence electrons. The summed E-state index contributed by atoms with van der Waals surface area (Å²) in [7, 11) is 1.09. The van der Waals surface area contributed by atoms with E-state index in [2.05, 4.69) is 4.74 Å². The quantitative estimate of drug-likeness (QED) is 0.837. The highest BCUT2D eigenvalue weighted by molar-refractivity contribution is 5.42. The van der Waals surface area contributed by atoms with Gasteiger partial charge in [0, 0.05) is 5.56 Å². The smallest absolute Gasteiger partial charge is 0.496 e. The Morgan fingerprint density at radius 1 is 1.14 bits per heavy atom. The molecular formula is C11H11F6NO3. The highest BCUT2D eigenvalue weighted by Crippen LogP contribution is 2.36. The fraction of sp³-hybridized carbons (Fsp3) is 0.455. The molecule has 0 radical (unpaired) electrons. The molecule has 4 nitrogen and oxygen atoms in total. The minimum Gasteiger partial charge on any atom is -0.496 e. The van der Waals surface area contributed by atoms with Gasteiger partial charge < -0.3 is 20.3 Å². The van der Waals surface area contributed by atoms with Crippen LogP contribution in [0.3, 0.4) is 0 Å². The molecule has 0 unspecified atom stereocenters. The third-order valence-electron chi connectivity index (χ3n) is 2.47. The van der Waals surface area contributed by atoms with E-state index in [-0.39, 0.29) is 5.75 Å². The van der Waals surface area contributed by atoms with Crippen LogP contribution in [0.2, 0.25) is 0 Å². The number of nitrogens with two attached hydrogens (primary N) is 1. The third-order valence-corrected chi connectivity index (χ3v) is 2.47. The van der Waals surface area contributed by atoms with Crippen molar-refractivity contribution in [3.05, 3.63) is 23.8 Å². The van der Waals surface area contributed by atoms with Crippen LogP contribution in [-0.4, -0.2) is 30.9 Å². The SMILES string of the molecule is COc1ccc(OC(F)(F)F)cc1[C@H](N)[C@H](O)C(F)(F)F. The Hall–Kier alpha value is -1.68. The van der Waals surface area contributed by atoms with E-state index in [4.69, 9.17) is 15.6 Å². The maximum atomic E-state index is 12.4. The number of rotatable bonds is 4. The van der Waals surface area contributed by atoms with Gasteiger partial charge in [-0.2, -0.15) is 13.2 Å². The van der Waals surface area contributed by atoms with Crippen molar-refractivity contribution in [2.45, 2.75) is 24.7 Å². The van der Waals surface area contributed by atoms with Crippen LogP contribution in [-0.2, 0) is 0 Å². The van der Waals surface area contributed by atoms with E-state index in [1.807, 2.05) is 0 Å². The Morgan fingerprint density at radius 2 is 1.71 bits per heavy atom. The van der Waals surface area contributed by atoms with Gasteiger partial charge in [0.25, 0.3) is 0 Å². The average molecular weight is 319 g/mol. The van der Waals surface area contributed by atoms with E-state index in [0.717, 1.165) is 19.2 Å². The maximum Gasteiger partial charge on any atom is 0.573 e. The molecule has 0 aliphatic heterocycles. The average Bonchev–Trinajstić information content (AvgIpc) is 2.34. The van der Waals surface area contributed by atoms with Gasteiger partial charge in [0.1, 0.15) is 11.5 Å². The molecule has 0 aromatic heterocycles. The molecular weight excluding hydrogens is 308 g/mol. The van der Waals surface area contributed by atoms with E-state index in [9.17, 15) is 26.3 Å². The second-order valence-electron chi connectivity index (χ2n) is 3.96. The number of halogens is 6. The lowest BCUT2D eigenvalue weighted by Gasteiger charge is -2.23. The molecule has 1 aromatic carbocycles. The second-order valence-corrected chi connectivity index (χ2v) is 3.96. The van der Waals surface area contributed by atoms with E-state index >= 15 is 0 Å². The summed E-state index contributed by atoms with van der Waals surface area (Å²) in [5, 5.41) is 9.08. The number of hydrogen-bond donors (Lipinski definition) is 2. The molecule has 1 aromatic rings. The number of ether oxygens (including phenoxy) is 2. The number of hydrogen-bond acceptors (Lipinski definition) is 4. The molecule has 10 heteroatoms. The number of alkyl halides is 6. The van der Waals surface area contributed by atoms with Gasteiger partial charge in [-0.3, -0.25) is 0 Å². The lowest BCUT2D eigenvalue weighted by atomic mass is 10.0. The van der Waals surface area contributed by atoms with Crippen LogP contribution < -0.4 is 15.2 Å². The Morgan fingerprint density at radius 3 is 2.14 bits per heavy atom. The topological polar surface area (TPSA) is 64.7 Å². The van der Waals surface area contributed by atoms with Crippen LogP contribution in [0.5, 0.6) is 11.5 Å². The molecule has 0 saturated carbocycles. The summed E-state index contributed by atoms with van der Waals surface area (Å²) in [6.45, 7) is 0. The molecule has 0 amide bonds. The molecule has 0 aliphatic carbocycles. The van der Waals surface area contributed by atoms with Gasteiger partial charge in [-0.05, 0) is 18.2 Å². The zero-order chi connectivity index (χ0) is 16.4. The van der Waals surface area contributed by atoms with Crippen molar-refractivity contribution in [3.8, 4) is 11.5 Å². The van der Waals surface area contributed by atoms with Crippen molar-refractivity contribution in [1.29, 1.82) is 0 Å². The Balaban J connectivity index is 3.17. The maximum absolute atomic E-state index is 12.4. The molecule has 0 fully saturated rings. The first-order valence-corrected chi connectivity index (χ1v) is 5.39. The fourth-order valence-electron chi connectivity index (χ4n) is 1.54. The molecule has 0 aliphatic rings. The zero-order valence-corrected chi connectivity index (χ0v) is 10.5. The first-order valence-electron chi connectivity index (χ1n) is 5.39. The molecule has 0 spiro atoms. The normalized spacial score (nSPS) is 15.5. The van der Waals surface area contributed by atoms with Crippen molar-refractivity contribution in [2.75, 3.05) is 7.11 Å². The summed E-state index contributed by atoms with van der Waals surface area (Å²) in [5.74, 6) is -0.983. The van der Waals surface area contributed by atoms with Crippen molar-refractivity contribution < 1.29 is 40.9 Å². The zero-order valence-electron chi connectivity index (χ0n) is 10.5. The number of benzene rings is 1. The standard InChI is InChI=1S/C11H11F6NO3/c1-20-7-3-2-5(21-11(15,16)17)4-6(7)8(18)9(19)10(12,13)14/h2-4,8-9,19H,18H2,1H3/t8-,9-/m0/s1. The predicted molar refractivity (Wildman–Crippen MR) is 58.7 cm³/mol. The molecule has 2 atom stereocenters. The van der Waals surface area contributed by atoms with E-state index in [0.29, 0.717) is 6.07 Å². The fourth-order valence-corrected chi connectivity index (χ4v) is 1.54. The second kappa shape index (κ2) is 5.98. The highest BCUT2D eigenvalue weighted by atomic mass is 19.4. The Bertz CT molecular complexity index is 488. The van der Waals surface area contributed by atoms with Crippen molar-refractivity contribution in [3.63, 3.8) is 0 Å². The Labute approximate surface area is 115 Å². The minimum absolute atomic E-state index is 0.208. The largest absolute Gasteiger partial charge is 0.573 e. The summed E-state index contributed by atoms with van der Waals surface area (Å²) in [6.07, 6.45) is -13.0. The molecule has 0 saturated heterocycles. The summed E-state index contributed by atoms with van der Waals surface area (Å²) in [5.41, 5.74) is 4.78. The lowest BCUT2D eigenvalue weighted by Crippen LogP contribution is -2.39. The van der Waals surface area contributed by atoms with Gasteiger partial charge in [0.05, 0.1) is 13.2 Å². The predicted octanol–water partition coefficient (Wildman–Crippen LogP) is 2.52. The van der Waals surface area contributed by atoms with Crippen LogP contribution in [0.15, 0.2) is 18.2 Å². The number of aliphatic hydroxyl groups excluding tert-OH is 1. The van der Waals surface area contributed by atoms with Crippen LogP contribution in [0.4, 0.5) is 26.3 Å².